The third-order valence-electron chi connectivity index (χ3n) is 4.11. The molecule has 0 radical (unpaired) electrons. The zero-order chi connectivity index (χ0) is 18.1. The minimum atomic E-state index is -0.361. The summed E-state index contributed by atoms with van der Waals surface area (Å²) in [6.45, 7) is 0. The second kappa shape index (κ2) is 6.33. The van der Waals surface area contributed by atoms with Gasteiger partial charge in [-0.25, -0.2) is 14.4 Å². The van der Waals surface area contributed by atoms with Crippen LogP contribution in [0.1, 0.15) is 0 Å². The van der Waals surface area contributed by atoms with Gasteiger partial charge >= 0.3 is 0 Å². The maximum absolute atomic E-state index is 14.4. The van der Waals surface area contributed by atoms with Crippen molar-refractivity contribution in [1.82, 2.24) is 15.0 Å². The van der Waals surface area contributed by atoms with Crippen molar-refractivity contribution in [3.05, 3.63) is 72.7 Å². The van der Waals surface area contributed by atoms with E-state index >= 15 is 0 Å². The van der Waals surface area contributed by atoms with Crippen molar-refractivity contribution in [2.75, 3.05) is 5.73 Å². The van der Waals surface area contributed by atoms with Crippen LogP contribution in [0, 0.1) is 5.82 Å². The van der Waals surface area contributed by atoms with Gasteiger partial charge in [-0.05, 0) is 30.3 Å². The normalized spacial score (nSPS) is 10.8. The second-order valence-corrected chi connectivity index (χ2v) is 5.77. The summed E-state index contributed by atoms with van der Waals surface area (Å²) in [6, 6.07) is 16.9. The molecule has 6 heteroatoms. The molecule has 0 saturated carbocycles. The Hall–Kier alpha value is -3.67. The molecule has 2 aromatic carbocycles. The Morgan fingerprint density at radius 3 is 2.38 bits per heavy atom. The molecule has 2 aromatic heterocycles. The Balaban J connectivity index is 1.97. The number of hydrogen-bond acceptors (Lipinski definition) is 4. The van der Waals surface area contributed by atoms with E-state index in [0.717, 1.165) is 0 Å². The standard InChI is InChI=1S/C20H15FN4O/c21-15-7-3-1-6-13(15)19-14(12-5-2-4-8-18(12)26)11-17(24-19)16-9-10-23-20(22)25-16/h1-11,24,26H,(H2,22,23,25). The highest BCUT2D eigenvalue weighted by atomic mass is 19.1. The number of nitrogens with zero attached hydrogens (tertiary/aromatic N) is 2. The third-order valence-corrected chi connectivity index (χ3v) is 4.11. The Kier molecular flexibility index (Phi) is 3.85. The maximum Gasteiger partial charge on any atom is 0.220 e. The van der Waals surface area contributed by atoms with Crippen LogP contribution in [0.2, 0.25) is 0 Å². The van der Waals surface area contributed by atoms with Crippen molar-refractivity contribution >= 4 is 5.95 Å². The van der Waals surface area contributed by atoms with Crippen molar-refractivity contribution in [2.45, 2.75) is 0 Å². The van der Waals surface area contributed by atoms with Gasteiger partial charge in [0.25, 0.3) is 0 Å². The number of nitrogen functional groups attached to an aromatic ring is 1. The smallest absolute Gasteiger partial charge is 0.220 e. The number of aromatic hydroxyl groups is 1. The number of benzene rings is 2. The average Bonchev–Trinajstić information content (AvgIpc) is 3.07. The number of phenolic OH excluding ortho intramolecular Hbond substituents is 1. The lowest BCUT2D eigenvalue weighted by Crippen LogP contribution is -1.95. The molecule has 2 heterocycles. The summed E-state index contributed by atoms with van der Waals surface area (Å²) in [5, 5.41) is 10.3. The summed E-state index contributed by atoms with van der Waals surface area (Å²) in [7, 11) is 0. The minimum Gasteiger partial charge on any atom is -0.507 e. The number of aromatic amines is 1. The summed E-state index contributed by atoms with van der Waals surface area (Å²) in [6.07, 6.45) is 1.56. The highest BCUT2D eigenvalue weighted by Gasteiger charge is 2.18. The molecule has 0 fully saturated rings. The van der Waals surface area contributed by atoms with Gasteiger partial charge in [0, 0.05) is 22.9 Å². The van der Waals surface area contributed by atoms with Crippen molar-refractivity contribution in [2.24, 2.45) is 0 Å². The number of anilines is 1. The van der Waals surface area contributed by atoms with Crippen molar-refractivity contribution in [3.63, 3.8) is 0 Å². The largest absolute Gasteiger partial charge is 0.507 e. The van der Waals surface area contributed by atoms with Gasteiger partial charge < -0.3 is 15.8 Å². The monoisotopic (exact) mass is 346 g/mol. The fourth-order valence-electron chi connectivity index (χ4n) is 2.91. The lowest BCUT2D eigenvalue weighted by atomic mass is 10.00. The maximum atomic E-state index is 14.4. The van der Waals surface area contributed by atoms with Crippen LogP contribution in [0.25, 0.3) is 33.8 Å². The lowest BCUT2D eigenvalue weighted by molar-refractivity contribution is 0.477. The number of nitrogens with one attached hydrogen (secondary N) is 1. The second-order valence-electron chi connectivity index (χ2n) is 5.77. The molecule has 5 nitrogen and oxygen atoms in total. The molecule has 4 rings (SSSR count). The fourth-order valence-corrected chi connectivity index (χ4v) is 2.91. The number of halogens is 1. The molecule has 128 valence electrons. The molecule has 0 bridgehead atoms. The molecule has 4 aromatic rings. The van der Waals surface area contributed by atoms with Crippen LogP contribution < -0.4 is 5.73 Å². The molecule has 4 N–H and O–H groups in total. The Bertz CT molecular complexity index is 1030. The van der Waals surface area contributed by atoms with Crippen LogP contribution in [-0.4, -0.2) is 20.1 Å². The predicted octanol–water partition coefficient (Wildman–Crippen LogP) is 4.23. The molecule has 0 aliphatic heterocycles. The van der Waals surface area contributed by atoms with E-state index in [4.69, 9.17) is 5.73 Å². The highest BCUT2D eigenvalue weighted by Crippen LogP contribution is 2.39. The first kappa shape index (κ1) is 15.8. The van der Waals surface area contributed by atoms with Crippen molar-refractivity contribution in [3.8, 4) is 39.5 Å². The molecule has 0 unspecified atom stereocenters. The van der Waals surface area contributed by atoms with Crippen LogP contribution in [0.5, 0.6) is 5.75 Å². The quantitative estimate of drug-likeness (QED) is 0.518. The van der Waals surface area contributed by atoms with E-state index in [1.54, 1.807) is 48.7 Å². The topological polar surface area (TPSA) is 87.8 Å². The molecular weight excluding hydrogens is 331 g/mol. The van der Waals surface area contributed by atoms with Crippen molar-refractivity contribution < 1.29 is 9.50 Å². The Morgan fingerprint density at radius 1 is 0.923 bits per heavy atom. The number of nitrogens with two attached hydrogens (primary N) is 1. The van der Waals surface area contributed by atoms with Crippen LogP contribution in [-0.2, 0) is 0 Å². The van der Waals surface area contributed by atoms with Crippen LogP contribution in [0.15, 0.2) is 66.9 Å². The number of hydrogen-bond donors (Lipinski definition) is 3. The van der Waals surface area contributed by atoms with Crippen LogP contribution in [0.4, 0.5) is 10.3 Å². The van der Waals surface area contributed by atoms with Gasteiger partial charge in [0.1, 0.15) is 11.6 Å². The predicted molar refractivity (Wildman–Crippen MR) is 98.7 cm³/mol. The number of aromatic nitrogens is 3. The average molecular weight is 346 g/mol. The Morgan fingerprint density at radius 2 is 1.65 bits per heavy atom. The zero-order valence-corrected chi connectivity index (χ0v) is 13.6. The van der Waals surface area contributed by atoms with Gasteiger partial charge in [0.2, 0.25) is 5.95 Å². The third kappa shape index (κ3) is 2.77. The van der Waals surface area contributed by atoms with Gasteiger partial charge in [-0.3, -0.25) is 0 Å². The van der Waals surface area contributed by atoms with Crippen LogP contribution in [0.3, 0.4) is 0 Å². The first-order valence-corrected chi connectivity index (χ1v) is 7.98. The summed E-state index contributed by atoms with van der Waals surface area (Å²) in [5.41, 5.74) is 9.12. The van der Waals surface area contributed by atoms with Gasteiger partial charge in [0.15, 0.2) is 0 Å². The summed E-state index contributed by atoms with van der Waals surface area (Å²) in [4.78, 5) is 11.3. The summed E-state index contributed by atoms with van der Waals surface area (Å²) < 4.78 is 14.4. The fraction of sp³-hybridized carbons (Fsp3) is 0. The van der Waals surface area contributed by atoms with E-state index in [1.807, 2.05) is 12.1 Å². The number of rotatable bonds is 3. The van der Waals surface area contributed by atoms with E-state index in [1.165, 1.54) is 6.07 Å². The molecule has 0 aliphatic carbocycles. The molecule has 0 amide bonds. The van der Waals surface area contributed by atoms with Crippen molar-refractivity contribution in [1.29, 1.82) is 0 Å². The van der Waals surface area contributed by atoms with Gasteiger partial charge in [-0.15, -0.1) is 0 Å². The van der Waals surface area contributed by atoms with E-state index in [0.29, 0.717) is 33.8 Å². The number of H-pyrrole nitrogens is 1. The highest BCUT2D eigenvalue weighted by molar-refractivity contribution is 5.87. The molecule has 0 atom stereocenters. The van der Waals surface area contributed by atoms with E-state index in [-0.39, 0.29) is 17.5 Å². The van der Waals surface area contributed by atoms with Gasteiger partial charge in [-0.2, -0.15) is 0 Å². The first-order valence-electron chi connectivity index (χ1n) is 7.98. The van der Waals surface area contributed by atoms with E-state index in [9.17, 15) is 9.50 Å². The first-order chi connectivity index (χ1) is 12.6. The Labute approximate surface area is 149 Å². The number of phenols is 1. The SMILES string of the molecule is Nc1nccc(-c2cc(-c3ccccc3O)c(-c3ccccc3F)[nH]2)n1. The summed E-state index contributed by atoms with van der Waals surface area (Å²) >= 11 is 0. The zero-order valence-electron chi connectivity index (χ0n) is 13.6. The van der Waals surface area contributed by atoms with E-state index < -0.39 is 0 Å². The number of para-hydroxylation sites is 1. The molecule has 26 heavy (non-hydrogen) atoms. The van der Waals surface area contributed by atoms with Gasteiger partial charge in [-0.1, -0.05) is 30.3 Å². The van der Waals surface area contributed by atoms with Gasteiger partial charge in [0.05, 0.1) is 17.1 Å². The molecular formula is C20H15FN4O. The lowest BCUT2D eigenvalue weighted by Gasteiger charge is -2.07. The van der Waals surface area contributed by atoms with E-state index in [2.05, 4.69) is 15.0 Å². The molecule has 0 saturated heterocycles. The molecule has 0 spiro atoms. The minimum absolute atomic E-state index is 0.109. The van der Waals surface area contributed by atoms with Crippen LogP contribution >= 0.6 is 0 Å². The molecule has 0 aliphatic rings. The summed E-state index contributed by atoms with van der Waals surface area (Å²) in [5.74, 6) is -0.105.